The predicted molar refractivity (Wildman–Crippen MR) is 120 cm³/mol. The lowest BCUT2D eigenvalue weighted by Crippen LogP contribution is -2.59. The van der Waals surface area contributed by atoms with Gasteiger partial charge in [0.1, 0.15) is 5.75 Å². The van der Waals surface area contributed by atoms with Gasteiger partial charge in [0, 0.05) is 34.9 Å². The molecule has 3 aromatic rings. The fraction of sp³-hybridized carbons (Fsp3) is 0.400. The zero-order valence-electron chi connectivity index (χ0n) is 18.9. The van der Waals surface area contributed by atoms with Crippen LogP contribution in [0.15, 0.2) is 45.7 Å². The van der Waals surface area contributed by atoms with Crippen molar-refractivity contribution in [3.05, 3.63) is 63.6 Å². The molecule has 35 heavy (non-hydrogen) atoms. The number of carbonyl (C=O) groups excluding carboxylic acids is 1. The Kier molecular flexibility index (Phi) is 5.39. The van der Waals surface area contributed by atoms with Gasteiger partial charge in [-0.15, -0.1) is 0 Å². The smallest absolute Gasteiger partial charge is 0.426 e. The van der Waals surface area contributed by atoms with Crippen LogP contribution in [0.2, 0.25) is 0 Å². The molecule has 10 heteroatoms. The predicted octanol–water partition coefficient (Wildman–Crippen LogP) is 4.18. The first-order chi connectivity index (χ1) is 16.5. The first-order valence-corrected chi connectivity index (χ1v) is 11.3. The SMILES string of the molecule is Cc1noc(=O)c2ccc(NC(=O)C(O)(CC3(c4cccc5c4OCC5)CCC3)C(F)(F)F)cc12. The number of aliphatic hydroxyl groups is 1. The standard InChI is InChI=1S/C25H23F3N2O5/c1-14-18-12-16(6-7-17(18)21(31)35-30-14)29-22(32)24(33,25(26,27)28)13-23(9-3-10-23)19-5-2-4-15-8-11-34-20(15)19/h2,4-7,12,33H,3,8-11,13H2,1H3,(H,29,32). The zero-order valence-corrected chi connectivity index (χ0v) is 18.9. The van der Waals surface area contributed by atoms with E-state index in [1.165, 1.54) is 18.2 Å². The van der Waals surface area contributed by atoms with Crippen LogP contribution in [0.3, 0.4) is 0 Å². The van der Waals surface area contributed by atoms with Crippen molar-refractivity contribution in [2.75, 3.05) is 11.9 Å². The fourth-order valence-corrected chi connectivity index (χ4v) is 5.12. The Morgan fingerprint density at radius 3 is 2.66 bits per heavy atom. The van der Waals surface area contributed by atoms with Crippen molar-refractivity contribution in [2.24, 2.45) is 0 Å². The number of nitrogens with zero attached hydrogens (tertiary/aromatic N) is 1. The minimum absolute atomic E-state index is 0.00716. The highest BCUT2D eigenvalue weighted by atomic mass is 19.4. The van der Waals surface area contributed by atoms with Crippen LogP contribution in [0, 0.1) is 6.92 Å². The number of benzene rings is 2. The highest BCUT2D eigenvalue weighted by molar-refractivity contribution is 6.00. The maximum absolute atomic E-state index is 14.3. The van der Waals surface area contributed by atoms with Gasteiger partial charge in [-0.3, -0.25) is 4.79 Å². The Morgan fingerprint density at radius 2 is 1.97 bits per heavy atom. The molecule has 2 heterocycles. The summed E-state index contributed by atoms with van der Waals surface area (Å²) in [6.45, 7) is 2.00. The molecular formula is C25H23F3N2O5. The number of ether oxygens (including phenoxy) is 1. The summed E-state index contributed by atoms with van der Waals surface area (Å²) in [6.07, 6.45) is -3.92. The molecule has 2 aromatic carbocycles. The normalized spacial score (nSPS) is 18.3. The van der Waals surface area contributed by atoms with E-state index in [0.717, 1.165) is 5.56 Å². The Bertz CT molecular complexity index is 1380. The molecule has 2 aliphatic rings. The van der Waals surface area contributed by atoms with Crippen molar-refractivity contribution in [1.29, 1.82) is 0 Å². The number of anilines is 1. The Hall–Kier alpha value is -3.40. The number of amides is 1. The molecule has 1 aliphatic carbocycles. The molecule has 1 unspecified atom stereocenters. The molecule has 0 radical (unpaired) electrons. The van der Waals surface area contributed by atoms with Gasteiger partial charge in [0.05, 0.1) is 17.7 Å². The molecule has 0 bridgehead atoms. The molecule has 2 N–H and O–H groups in total. The largest absolute Gasteiger partial charge is 0.493 e. The van der Waals surface area contributed by atoms with Crippen molar-refractivity contribution in [3.63, 3.8) is 0 Å². The molecule has 5 rings (SSSR count). The fourth-order valence-electron chi connectivity index (χ4n) is 5.12. The summed E-state index contributed by atoms with van der Waals surface area (Å²) >= 11 is 0. The minimum Gasteiger partial charge on any atom is -0.493 e. The van der Waals surface area contributed by atoms with Crippen LogP contribution >= 0.6 is 0 Å². The van der Waals surface area contributed by atoms with Crippen LogP contribution in [0.4, 0.5) is 18.9 Å². The van der Waals surface area contributed by atoms with Crippen molar-refractivity contribution < 1.29 is 32.3 Å². The average molecular weight is 488 g/mol. The molecule has 7 nitrogen and oxygen atoms in total. The number of aryl methyl sites for hydroxylation is 1. The van der Waals surface area contributed by atoms with Crippen LogP contribution in [0.25, 0.3) is 10.8 Å². The van der Waals surface area contributed by atoms with Gasteiger partial charge in [0.2, 0.25) is 5.60 Å². The second kappa shape index (κ2) is 8.08. The Labute approximate surface area is 197 Å². The summed E-state index contributed by atoms with van der Waals surface area (Å²) in [4.78, 5) is 24.9. The van der Waals surface area contributed by atoms with Gasteiger partial charge in [-0.25, -0.2) is 4.79 Å². The minimum atomic E-state index is -5.23. The average Bonchev–Trinajstić information content (AvgIpc) is 3.27. The van der Waals surface area contributed by atoms with Gasteiger partial charge in [0.15, 0.2) is 0 Å². The monoisotopic (exact) mass is 488 g/mol. The number of hydrogen-bond acceptors (Lipinski definition) is 6. The summed E-state index contributed by atoms with van der Waals surface area (Å²) in [5.74, 6) is -1.02. The van der Waals surface area contributed by atoms with Gasteiger partial charge in [0.25, 0.3) is 5.91 Å². The van der Waals surface area contributed by atoms with Crippen LogP contribution in [-0.4, -0.2) is 34.6 Å². The lowest BCUT2D eigenvalue weighted by molar-refractivity contribution is -0.257. The molecule has 0 saturated heterocycles. The first kappa shape index (κ1) is 23.3. The number of halogens is 3. The van der Waals surface area contributed by atoms with Crippen LogP contribution in [0.1, 0.15) is 42.5 Å². The molecule has 1 fully saturated rings. The Morgan fingerprint density at radius 1 is 1.20 bits per heavy atom. The summed E-state index contributed by atoms with van der Waals surface area (Å²) in [5, 5.41) is 17.2. The zero-order chi connectivity index (χ0) is 25.0. The second-order valence-corrected chi connectivity index (χ2v) is 9.33. The third kappa shape index (κ3) is 3.76. The van der Waals surface area contributed by atoms with E-state index in [2.05, 4.69) is 15.0 Å². The number of para-hydroxylation sites is 1. The number of hydrogen-bond donors (Lipinski definition) is 2. The number of aromatic nitrogens is 1. The van der Waals surface area contributed by atoms with E-state index in [1.54, 1.807) is 19.1 Å². The van der Waals surface area contributed by atoms with Gasteiger partial charge in [-0.2, -0.15) is 13.2 Å². The molecule has 1 amide bonds. The number of nitrogens with one attached hydrogen (secondary N) is 1. The summed E-state index contributed by atoms with van der Waals surface area (Å²) in [6, 6.07) is 9.32. The van der Waals surface area contributed by atoms with Crippen LogP contribution < -0.4 is 15.7 Å². The van der Waals surface area contributed by atoms with Gasteiger partial charge >= 0.3 is 11.8 Å². The summed E-state index contributed by atoms with van der Waals surface area (Å²) in [7, 11) is 0. The van der Waals surface area contributed by atoms with E-state index in [0.29, 0.717) is 54.7 Å². The molecule has 1 saturated carbocycles. The molecule has 0 spiro atoms. The molecular weight excluding hydrogens is 465 g/mol. The number of carbonyl (C=O) groups is 1. The van der Waals surface area contributed by atoms with Crippen molar-refractivity contribution in [3.8, 4) is 5.75 Å². The Balaban J connectivity index is 1.50. The third-order valence-corrected chi connectivity index (χ3v) is 7.19. The maximum Gasteiger partial charge on any atom is 0.426 e. The van der Waals surface area contributed by atoms with E-state index >= 15 is 0 Å². The number of fused-ring (bicyclic) bond motifs is 2. The van der Waals surface area contributed by atoms with Crippen LogP contribution in [0.5, 0.6) is 5.75 Å². The van der Waals surface area contributed by atoms with E-state index in [4.69, 9.17) is 4.74 Å². The topological polar surface area (TPSA) is 102 Å². The highest BCUT2D eigenvalue weighted by Crippen LogP contribution is 2.55. The van der Waals surface area contributed by atoms with Gasteiger partial charge in [-0.1, -0.05) is 29.8 Å². The molecule has 1 atom stereocenters. The van der Waals surface area contributed by atoms with E-state index in [9.17, 15) is 27.9 Å². The highest BCUT2D eigenvalue weighted by Gasteiger charge is 2.63. The maximum atomic E-state index is 14.3. The van der Waals surface area contributed by atoms with Crippen molar-refractivity contribution >= 4 is 22.4 Å². The first-order valence-electron chi connectivity index (χ1n) is 11.3. The van der Waals surface area contributed by atoms with E-state index in [1.807, 2.05) is 6.07 Å². The van der Waals surface area contributed by atoms with Crippen molar-refractivity contribution in [1.82, 2.24) is 5.16 Å². The quantitative estimate of drug-likeness (QED) is 0.559. The van der Waals surface area contributed by atoms with Crippen LogP contribution in [-0.2, 0) is 16.6 Å². The lowest BCUT2D eigenvalue weighted by Gasteiger charge is -2.47. The number of alkyl halides is 3. The van der Waals surface area contributed by atoms with Gasteiger partial charge in [-0.05, 0) is 43.5 Å². The third-order valence-electron chi connectivity index (χ3n) is 7.19. The van der Waals surface area contributed by atoms with Crippen molar-refractivity contribution in [2.45, 2.75) is 56.2 Å². The lowest BCUT2D eigenvalue weighted by atomic mass is 9.59. The molecule has 184 valence electrons. The summed E-state index contributed by atoms with van der Waals surface area (Å²) < 4.78 is 53.3. The van der Waals surface area contributed by atoms with E-state index in [-0.39, 0.29) is 11.1 Å². The summed E-state index contributed by atoms with van der Waals surface area (Å²) in [5.41, 5.74) is -3.56. The molecule has 1 aromatic heterocycles. The molecule has 1 aliphatic heterocycles. The number of rotatable bonds is 5. The van der Waals surface area contributed by atoms with Gasteiger partial charge < -0.3 is 19.7 Å². The second-order valence-electron chi connectivity index (χ2n) is 9.33. The van der Waals surface area contributed by atoms with E-state index < -0.39 is 35.1 Å².